The molecular formula is C14H12ClF. The third kappa shape index (κ3) is 2.61. The molecule has 0 N–H and O–H groups in total. The van der Waals surface area contributed by atoms with Crippen molar-refractivity contribution >= 4 is 11.6 Å². The standard InChI is InChI=1S/C14H12ClF/c15-10-13-4-2-1-3-12(13)9-11-5-7-14(16)8-6-11/h1-8H,9-10H2. The maximum absolute atomic E-state index is 12.7. The molecule has 2 rings (SSSR count). The minimum atomic E-state index is -0.200. The van der Waals surface area contributed by atoms with Crippen LogP contribution in [0, 0.1) is 5.82 Å². The first-order valence-electron chi connectivity index (χ1n) is 5.17. The maximum atomic E-state index is 12.7. The van der Waals surface area contributed by atoms with Crippen LogP contribution in [0.5, 0.6) is 0 Å². The smallest absolute Gasteiger partial charge is 0.123 e. The summed E-state index contributed by atoms with van der Waals surface area (Å²) in [5.41, 5.74) is 3.43. The molecule has 0 saturated heterocycles. The monoisotopic (exact) mass is 234 g/mol. The second kappa shape index (κ2) is 5.13. The van der Waals surface area contributed by atoms with Gasteiger partial charge in [-0.15, -0.1) is 11.6 Å². The Hall–Kier alpha value is -1.34. The maximum Gasteiger partial charge on any atom is 0.123 e. The first-order chi connectivity index (χ1) is 7.79. The highest BCUT2D eigenvalue weighted by Crippen LogP contribution is 2.16. The number of benzene rings is 2. The van der Waals surface area contributed by atoms with E-state index in [0.29, 0.717) is 5.88 Å². The molecule has 0 aliphatic heterocycles. The van der Waals surface area contributed by atoms with Crippen molar-refractivity contribution in [3.05, 3.63) is 71.0 Å². The SMILES string of the molecule is Fc1ccc(Cc2ccccc2CCl)cc1. The average molecular weight is 235 g/mol. The van der Waals surface area contributed by atoms with Gasteiger partial charge in [0.25, 0.3) is 0 Å². The van der Waals surface area contributed by atoms with Gasteiger partial charge in [0.15, 0.2) is 0 Å². The van der Waals surface area contributed by atoms with Gasteiger partial charge >= 0.3 is 0 Å². The van der Waals surface area contributed by atoms with Crippen molar-refractivity contribution in [2.24, 2.45) is 0 Å². The Morgan fingerprint density at radius 1 is 0.875 bits per heavy atom. The van der Waals surface area contributed by atoms with Crippen molar-refractivity contribution in [3.8, 4) is 0 Å². The molecule has 0 aromatic heterocycles. The average Bonchev–Trinajstić information content (AvgIpc) is 2.33. The van der Waals surface area contributed by atoms with Crippen molar-refractivity contribution in [1.82, 2.24) is 0 Å². The lowest BCUT2D eigenvalue weighted by atomic mass is 10.0. The Morgan fingerprint density at radius 2 is 1.50 bits per heavy atom. The summed E-state index contributed by atoms with van der Waals surface area (Å²) in [6.07, 6.45) is 0.795. The van der Waals surface area contributed by atoms with Crippen LogP contribution in [-0.4, -0.2) is 0 Å². The van der Waals surface area contributed by atoms with Crippen LogP contribution in [0.15, 0.2) is 48.5 Å². The molecule has 0 atom stereocenters. The Kier molecular flexibility index (Phi) is 3.58. The molecular weight excluding hydrogens is 223 g/mol. The second-order valence-corrected chi connectivity index (χ2v) is 3.97. The van der Waals surface area contributed by atoms with E-state index in [0.717, 1.165) is 17.5 Å². The minimum absolute atomic E-state index is 0.200. The molecule has 0 unspecified atom stereocenters. The summed E-state index contributed by atoms with van der Waals surface area (Å²) >= 11 is 5.86. The van der Waals surface area contributed by atoms with E-state index in [-0.39, 0.29) is 5.82 Å². The van der Waals surface area contributed by atoms with Gasteiger partial charge in [0, 0.05) is 5.88 Å². The molecule has 16 heavy (non-hydrogen) atoms. The summed E-state index contributed by atoms with van der Waals surface area (Å²) in [5, 5.41) is 0. The van der Waals surface area contributed by atoms with Gasteiger partial charge in [0.05, 0.1) is 0 Å². The first kappa shape index (κ1) is 11.2. The fourth-order valence-corrected chi connectivity index (χ4v) is 1.94. The van der Waals surface area contributed by atoms with Gasteiger partial charge in [-0.1, -0.05) is 36.4 Å². The predicted molar refractivity (Wildman–Crippen MR) is 65.2 cm³/mol. The lowest BCUT2D eigenvalue weighted by Crippen LogP contribution is -1.93. The van der Waals surface area contributed by atoms with Crippen LogP contribution in [0.1, 0.15) is 16.7 Å². The Balaban J connectivity index is 2.23. The Morgan fingerprint density at radius 3 is 2.12 bits per heavy atom. The largest absolute Gasteiger partial charge is 0.207 e. The van der Waals surface area contributed by atoms with Crippen molar-refractivity contribution in [1.29, 1.82) is 0 Å². The molecule has 2 aromatic carbocycles. The van der Waals surface area contributed by atoms with Crippen LogP contribution in [0.4, 0.5) is 4.39 Å². The van der Waals surface area contributed by atoms with Crippen LogP contribution in [0.3, 0.4) is 0 Å². The molecule has 82 valence electrons. The van der Waals surface area contributed by atoms with Crippen molar-refractivity contribution < 1.29 is 4.39 Å². The lowest BCUT2D eigenvalue weighted by Gasteiger charge is -2.06. The highest BCUT2D eigenvalue weighted by Gasteiger charge is 2.02. The molecule has 0 radical (unpaired) electrons. The molecule has 0 aliphatic rings. The summed E-state index contributed by atoms with van der Waals surface area (Å²) in [4.78, 5) is 0. The zero-order valence-corrected chi connectivity index (χ0v) is 9.54. The molecule has 0 fully saturated rings. The van der Waals surface area contributed by atoms with E-state index in [1.54, 1.807) is 12.1 Å². The Bertz CT molecular complexity index is 462. The van der Waals surface area contributed by atoms with E-state index in [4.69, 9.17) is 11.6 Å². The zero-order valence-electron chi connectivity index (χ0n) is 8.79. The second-order valence-electron chi connectivity index (χ2n) is 3.71. The fraction of sp³-hybridized carbons (Fsp3) is 0.143. The van der Waals surface area contributed by atoms with Gasteiger partial charge in [-0.2, -0.15) is 0 Å². The molecule has 2 heteroatoms. The highest BCUT2D eigenvalue weighted by molar-refractivity contribution is 6.17. The third-order valence-electron chi connectivity index (χ3n) is 2.57. The fourth-order valence-electron chi connectivity index (χ4n) is 1.68. The summed E-state index contributed by atoms with van der Waals surface area (Å²) in [5.74, 6) is 0.312. The van der Waals surface area contributed by atoms with Gasteiger partial charge in [-0.05, 0) is 35.2 Å². The summed E-state index contributed by atoms with van der Waals surface area (Å²) in [7, 11) is 0. The summed E-state index contributed by atoms with van der Waals surface area (Å²) in [6.45, 7) is 0. The number of hydrogen-bond acceptors (Lipinski definition) is 0. The van der Waals surface area contributed by atoms with Crippen LogP contribution < -0.4 is 0 Å². The van der Waals surface area contributed by atoms with Gasteiger partial charge in [0.2, 0.25) is 0 Å². The van der Waals surface area contributed by atoms with Crippen molar-refractivity contribution in [3.63, 3.8) is 0 Å². The molecule has 0 aliphatic carbocycles. The molecule has 0 heterocycles. The molecule has 0 saturated carbocycles. The van der Waals surface area contributed by atoms with Gasteiger partial charge in [-0.3, -0.25) is 0 Å². The summed E-state index contributed by atoms with van der Waals surface area (Å²) < 4.78 is 12.7. The zero-order chi connectivity index (χ0) is 11.4. The van der Waals surface area contributed by atoms with E-state index < -0.39 is 0 Å². The van der Waals surface area contributed by atoms with Crippen molar-refractivity contribution in [2.75, 3.05) is 0 Å². The quantitative estimate of drug-likeness (QED) is 0.700. The predicted octanol–water partition coefficient (Wildman–Crippen LogP) is 4.16. The van der Waals surface area contributed by atoms with Crippen LogP contribution >= 0.6 is 11.6 Å². The van der Waals surface area contributed by atoms with E-state index in [9.17, 15) is 4.39 Å². The van der Waals surface area contributed by atoms with E-state index in [1.165, 1.54) is 17.7 Å². The molecule has 2 aromatic rings. The van der Waals surface area contributed by atoms with Crippen molar-refractivity contribution in [2.45, 2.75) is 12.3 Å². The Labute approximate surface area is 99.7 Å². The lowest BCUT2D eigenvalue weighted by molar-refractivity contribution is 0.627. The van der Waals surface area contributed by atoms with E-state index in [1.807, 2.05) is 18.2 Å². The number of halogens is 2. The van der Waals surface area contributed by atoms with Crippen LogP contribution in [0.25, 0.3) is 0 Å². The van der Waals surface area contributed by atoms with Gasteiger partial charge < -0.3 is 0 Å². The first-order valence-corrected chi connectivity index (χ1v) is 5.70. The highest BCUT2D eigenvalue weighted by atomic mass is 35.5. The summed E-state index contributed by atoms with van der Waals surface area (Å²) in [6, 6.07) is 14.6. The topological polar surface area (TPSA) is 0 Å². The normalized spacial score (nSPS) is 10.4. The minimum Gasteiger partial charge on any atom is -0.207 e. The van der Waals surface area contributed by atoms with E-state index >= 15 is 0 Å². The van der Waals surface area contributed by atoms with E-state index in [2.05, 4.69) is 6.07 Å². The van der Waals surface area contributed by atoms with Gasteiger partial charge in [-0.25, -0.2) is 4.39 Å². The van der Waals surface area contributed by atoms with Gasteiger partial charge in [0.1, 0.15) is 5.82 Å². The molecule has 0 nitrogen and oxygen atoms in total. The molecule has 0 amide bonds. The van der Waals surface area contributed by atoms with Crippen LogP contribution in [-0.2, 0) is 12.3 Å². The number of alkyl halides is 1. The molecule has 0 bridgehead atoms. The third-order valence-corrected chi connectivity index (χ3v) is 2.86. The van der Waals surface area contributed by atoms with Crippen LogP contribution in [0.2, 0.25) is 0 Å². The molecule has 0 spiro atoms. The number of rotatable bonds is 3. The number of hydrogen-bond donors (Lipinski definition) is 0.